The summed E-state index contributed by atoms with van der Waals surface area (Å²) >= 11 is 0. The molecule has 0 unspecified atom stereocenters. The molecule has 0 N–H and O–H groups in total. The Labute approximate surface area is 86.3 Å². The van der Waals surface area contributed by atoms with Crippen molar-refractivity contribution in [1.29, 1.82) is 0 Å². The zero-order chi connectivity index (χ0) is 9.71. The summed E-state index contributed by atoms with van der Waals surface area (Å²) in [5, 5.41) is 0. The minimum Gasteiger partial charge on any atom is -0.0588 e. The van der Waals surface area contributed by atoms with Crippen LogP contribution in [0, 0.1) is 13.8 Å². The third-order valence-electron chi connectivity index (χ3n) is 4.27. The van der Waals surface area contributed by atoms with Gasteiger partial charge in [0.15, 0.2) is 0 Å². The lowest BCUT2D eigenvalue weighted by atomic mass is 9.65. The van der Waals surface area contributed by atoms with Gasteiger partial charge in [0.05, 0.1) is 0 Å². The van der Waals surface area contributed by atoms with Gasteiger partial charge in [-0.25, -0.2) is 0 Å². The Bertz CT molecular complexity index is 331. The van der Waals surface area contributed by atoms with Crippen molar-refractivity contribution in [3.05, 3.63) is 34.4 Å². The van der Waals surface area contributed by atoms with Crippen molar-refractivity contribution in [3.8, 4) is 0 Å². The number of hydrogen-bond donors (Lipinski definition) is 0. The Morgan fingerprint density at radius 1 is 0.786 bits per heavy atom. The highest BCUT2D eigenvalue weighted by molar-refractivity contribution is 5.47. The van der Waals surface area contributed by atoms with Crippen molar-refractivity contribution in [2.45, 2.75) is 51.4 Å². The fraction of sp³-hybridized carbons (Fsp3) is 0.571. The van der Waals surface area contributed by atoms with Gasteiger partial charge in [0, 0.05) is 0 Å². The highest BCUT2D eigenvalue weighted by atomic mass is 14.4. The molecule has 0 aliphatic heterocycles. The van der Waals surface area contributed by atoms with E-state index in [0.717, 1.165) is 11.8 Å². The summed E-state index contributed by atoms with van der Waals surface area (Å²) in [5.41, 5.74) is 6.54. The molecular weight excluding hydrogens is 168 g/mol. The normalized spacial score (nSPS) is 29.0. The first-order chi connectivity index (χ1) is 6.77. The fourth-order valence-corrected chi connectivity index (χ4v) is 3.61. The van der Waals surface area contributed by atoms with E-state index in [1.807, 2.05) is 0 Å². The zero-order valence-electron chi connectivity index (χ0n) is 9.14. The molecule has 3 aliphatic rings. The van der Waals surface area contributed by atoms with Crippen LogP contribution in [0.15, 0.2) is 12.1 Å². The van der Waals surface area contributed by atoms with E-state index in [-0.39, 0.29) is 0 Å². The third kappa shape index (κ3) is 1.00. The molecule has 1 saturated carbocycles. The molecule has 2 bridgehead atoms. The molecule has 0 saturated heterocycles. The molecule has 14 heavy (non-hydrogen) atoms. The number of rotatable bonds is 0. The van der Waals surface area contributed by atoms with Crippen molar-refractivity contribution in [2.24, 2.45) is 0 Å². The summed E-state index contributed by atoms with van der Waals surface area (Å²) in [6, 6.07) is 4.63. The van der Waals surface area contributed by atoms with E-state index in [0.29, 0.717) is 0 Å². The van der Waals surface area contributed by atoms with E-state index in [1.54, 1.807) is 22.3 Å². The molecule has 1 aromatic carbocycles. The molecule has 0 spiro atoms. The van der Waals surface area contributed by atoms with Gasteiger partial charge >= 0.3 is 0 Å². The number of benzene rings is 1. The van der Waals surface area contributed by atoms with Crippen molar-refractivity contribution >= 4 is 0 Å². The van der Waals surface area contributed by atoms with Crippen LogP contribution in [0.5, 0.6) is 0 Å². The van der Waals surface area contributed by atoms with E-state index in [2.05, 4.69) is 26.0 Å². The summed E-state index contributed by atoms with van der Waals surface area (Å²) < 4.78 is 0. The van der Waals surface area contributed by atoms with E-state index in [4.69, 9.17) is 0 Å². The molecule has 0 nitrogen and oxygen atoms in total. The monoisotopic (exact) mass is 186 g/mol. The lowest BCUT2D eigenvalue weighted by Gasteiger charge is -2.40. The second-order valence-corrected chi connectivity index (χ2v) is 5.08. The second-order valence-electron chi connectivity index (χ2n) is 5.08. The van der Waals surface area contributed by atoms with Crippen LogP contribution in [-0.2, 0) is 0 Å². The van der Waals surface area contributed by atoms with Gasteiger partial charge in [-0.2, -0.15) is 0 Å². The summed E-state index contributed by atoms with van der Waals surface area (Å²) in [6.45, 7) is 4.58. The van der Waals surface area contributed by atoms with Gasteiger partial charge < -0.3 is 0 Å². The maximum Gasteiger partial charge on any atom is -0.0156 e. The van der Waals surface area contributed by atoms with Crippen LogP contribution in [-0.4, -0.2) is 0 Å². The Morgan fingerprint density at radius 3 is 1.50 bits per heavy atom. The Morgan fingerprint density at radius 2 is 1.14 bits per heavy atom. The largest absolute Gasteiger partial charge is 0.0588 e. The van der Waals surface area contributed by atoms with Gasteiger partial charge in [0.1, 0.15) is 0 Å². The molecule has 0 aromatic heterocycles. The number of aryl methyl sites for hydroxylation is 2. The maximum atomic E-state index is 2.31. The second kappa shape index (κ2) is 2.85. The quantitative estimate of drug-likeness (QED) is 0.573. The van der Waals surface area contributed by atoms with Gasteiger partial charge in [-0.1, -0.05) is 12.1 Å². The summed E-state index contributed by atoms with van der Waals surface area (Å²) in [4.78, 5) is 0. The molecule has 0 atom stereocenters. The predicted octanol–water partition coefficient (Wildman–Crippen LogP) is 4.06. The topological polar surface area (TPSA) is 0 Å². The van der Waals surface area contributed by atoms with Gasteiger partial charge in [-0.3, -0.25) is 0 Å². The van der Waals surface area contributed by atoms with Gasteiger partial charge in [0.25, 0.3) is 0 Å². The highest BCUT2D eigenvalue weighted by Crippen LogP contribution is 2.51. The number of hydrogen-bond acceptors (Lipinski definition) is 0. The summed E-state index contributed by atoms with van der Waals surface area (Å²) in [5.74, 6) is 1.80. The fourth-order valence-electron chi connectivity index (χ4n) is 3.61. The van der Waals surface area contributed by atoms with Gasteiger partial charge in [-0.15, -0.1) is 0 Å². The molecule has 0 amide bonds. The highest BCUT2D eigenvalue weighted by Gasteiger charge is 2.34. The van der Waals surface area contributed by atoms with Crippen LogP contribution in [0.4, 0.5) is 0 Å². The maximum absolute atomic E-state index is 2.31. The van der Waals surface area contributed by atoms with Gasteiger partial charge in [0.2, 0.25) is 0 Å². The third-order valence-corrected chi connectivity index (χ3v) is 4.27. The zero-order valence-corrected chi connectivity index (χ0v) is 9.14. The van der Waals surface area contributed by atoms with Crippen LogP contribution in [0.2, 0.25) is 0 Å². The van der Waals surface area contributed by atoms with E-state index < -0.39 is 0 Å². The number of fused-ring (bicyclic) bond motifs is 2. The predicted molar refractivity (Wildman–Crippen MR) is 59.9 cm³/mol. The SMILES string of the molecule is Cc1ccc(C)c2c1C1CCC2CC1. The molecular formula is C14H18. The van der Waals surface area contributed by atoms with Crippen LogP contribution in [0.3, 0.4) is 0 Å². The standard InChI is InChI=1S/C14H18/c1-9-3-4-10(2)14-12-7-5-11(6-8-12)13(9)14/h3-4,11-12H,5-8H2,1-2H3. The summed E-state index contributed by atoms with van der Waals surface area (Å²) in [7, 11) is 0. The van der Waals surface area contributed by atoms with Gasteiger partial charge in [-0.05, 0) is 73.6 Å². The van der Waals surface area contributed by atoms with Crippen molar-refractivity contribution < 1.29 is 0 Å². The van der Waals surface area contributed by atoms with Crippen molar-refractivity contribution in [1.82, 2.24) is 0 Å². The summed E-state index contributed by atoms with van der Waals surface area (Å²) in [6.07, 6.45) is 5.79. The molecule has 0 heteroatoms. The molecule has 0 radical (unpaired) electrons. The molecule has 74 valence electrons. The van der Waals surface area contributed by atoms with Crippen molar-refractivity contribution in [2.75, 3.05) is 0 Å². The first-order valence-corrected chi connectivity index (χ1v) is 5.87. The van der Waals surface area contributed by atoms with E-state index in [1.165, 1.54) is 25.7 Å². The van der Waals surface area contributed by atoms with Crippen LogP contribution >= 0.6 is 0 Å². The van der Waals surface area contributed by atoms with E-state index in [9.17, 15) is 0 Å². The molecule has 3 aliphatic carbocycles. The minimum absolute atomic E-state index is 0.898. The Balaban J connectivity index is 2.27. The molecule has 1 aromatic rings. The van der Waals surface area contributed by atoms with Crippen LogP contribution in [0.1, 0.15) is 59.8 Å². The molecule has 4 rings (SSSR count). The van der Waals surface area contributed by atoms with E-state index >= 15 is 0 Å². The van der Waals surface area contributed by atoms with Crippen LogP contribution < -0.4 is 0 Å². The lowest BCUT2D eigenvalue weighted by molar-refractivity contribution is 0.356. The van der Waals surface area contributed by atoms with Crippen molar-refractivity contribution in [3.63, 3.8) is 0 Å². The Kier molecular flexibility index (Phi) is 1.74. The first kappa shape index (κ1) is 8.52. The molecule has 1 fully saturated rings. The average molecular weight is 186 g/mol. The minimum atomic E-state index is 0.898. The average Bonchev–Trinajstić information content (AvgIpc) is 2.25. The first-order valence-electron chi connectivity index (χ1n) is 5.87. The smallest absolute Gasteiger partial charge is 0.0156 e. The lowest BCUT2D eigenvalue weighted by Crippen LogP contribution is -2.23. The van der Waals surface area contributed by atoms with Crippen LogP contribution in [0.25, 0.3) is 0 Å². The molecule has 0 heterocycles. The Hall–Kier alpha value is -0.780.